The van der Waals surface area contributed by atoms with Crippen LogP contribution in [0.25, 0.3) is 0 Å². The molecule has 0 saturated heterocycles. The molecule has 1 aliphatic rings. The van der Waals surface area contributed by atoms with Gasteiger partial charge in [-0.2, -0.15) is 0 Å². The number of hydrogen-bond donors (Lipinski definition) is 2. The molecule has 14 heavy (non-hydrogen) atoms. The Bertz CT molecular complexity index is 376. The lowest BCUT2D eigenvalue weighted by atomic mass is 10.2. The second-order valence-corrected chi connectivity index (χ2v) is 4.09. The maximum Gasteiger partial charge on any atom is 0.129 e. The van der Waals surface area contributed by atoms with Gasteiger partial charge < -0.3 is 5.32 Å². The molecule has 0 atom stereocenters. The third kappa shape index (κ3) is 2.04. The molecule has 1 aliphatic heterocycles. The number of rotatable bonds is 1. The first-order chi connectivity index (χ1) is 6.77. The van der Waals surface area contributed by atoms with E-state index in [1.165, 1.54) is 0 Å². The quantitative estimate of drug-likeness (QED) is 0.706. The van der Waals surface area contributed by atoms with Crippen molar-refractivity contribution in [3.63, 3.8) is 0 Å². The van der Waals surface area contributed by atoms with Crippen molar-refractivity contribution in [1.82, 2.24) is 5.32 Å². The highest BCUT2D eigenvalue weighted by atomic mass is 35.5. The van der Waals surface area contributed by atoms with E-state index in [0.717, 1.165) is 35.8 Å². The van der Waals surface area contributed by atoms with Gasteiger partial charge in [-0.3, -0.25) is 4.99 Å². The smallest absolute Gasteiger partial charge is 0.129 e. The van der Waals surface area contributed by atoms with Crippen molar-refractivity contribution in [3.8, 4) is 0 Å². The predicted molar refractivity (Wildman–Crippen MR) is 62.7 cm³/mol. The first kappa shape index (κ1) is 9.87. The molecule has 0 spiro atoms. The van der Waals surface area contributed by atoms with E-state index in [4.69, 9.17) is 11.6 Å². The van der Waals surface area contributed by atoms with Crippen molar-refractivity contribution in [3.05, 3.63) is 28.8 Å². The minimum atomic E-state index is 0.716. The monoisotopic (exact) mass is 226 g/mol. The molecule has 0 radical (unpaired) electrons. The SMILES string of the molecule is Sc1ccc(Cl)cc1C1=NCCCN1. The highest BCUT2D eigenvalue weighted by Gasteiger charge is 2.10. The zero-order valence-corrected chi connectivity index (χ0v) is 9.28. The summed E-state index contributed by atoms with van der Waals surface area (Å²) in [6.07, 6.45) is 1.09. The van der Waals surface area contributed by atoms with E-state index in [9.17, 15) is 0 Å². The summed E-state index contributed by atoms with van der Waals surface area (Å²) in [4.78, 5) is 5.30. The van der Waals surface area contributed by atoms with Gasteiger partial charge in [-0.05, 0) is 24.6 Å². The molecule has 1 heterocycles. The van der Waals surface area contributed by atoms with E-state index in [-0.39, 0.29) is 0 Å². The third-order valence-corrected chi connectivity index (χ3v) is 2.74. The molecule has 0 fully saturated rings. The maximum atomic E-state index is 5.92. The van der Waals surface area contributed by atoms with Crippen LogP contribution in [0.2, 0.25) is 5.02 Å². The van der Waals surface area contributed by atoms with Gasteiger partial charge in [0, 0.05) is 28.6 Å². The van der Waals surface area contributed by atoms with E-state index >= 15 is 0 Å². The number of aliphatic imine (C=N–C) groups is 1. The average molecular weight is 227 g/mol. The largest absolute Gasteiger partial charge is 0.370 e. The lowest BCUT2D eigenvalue weighted by Gasteiger charge is -2.16. The minimum absolute atomic E-state index is 0.716. The van der Waals surface area contributed by atoms with Gasteiger partial charge in [-0.15, -0.1) is 12.6 Å². The molecular weight excluding hydrogens is 216 g/mol. The van der Waals surface area contributed by atoms with E-state index in [0.29, 0.717) is 5.02 Å². The summed E-state index contributed by atoms with van der Waals surface area (Å²) in [5, 5.41) is 3.96. The number of thiol groups is 1. The van der Waals surface area contributed by atoms with Crippen LogP contribution in [0.15, 0.2) is 28.1 Å². The summed E-state index contributed by atoms with van der Waals surface area (Å²) >= 11 is 10.3. The average Bonchev–Trinajstić information content (AvgIpc) is 2.23. The van der Waals surface area contributed by atoms with Crippen LogP contribution < -0.4 is 5.32 Å². The normalized spacial score (nSPS) is 16.0. The van der Waals surface area contributed by atoms with Crippen molar-refractivity contribution >= 4 is 30.1 Å². The molecule has 0 aliphatic carbocycles. The number of nitrogens with one attached hydrogen (secondary N) is 1. The molecule has 2 rings (SSSR count). The number of benzene rings is 1. The summed E-state index contributed by atoms with van der Waals surface area (Å²) in [6, 6.07) is 5.61. The molecule has 74 valence electrons. The molecule has 0 amide bonds. The highest BCUT2D eigenvalue weighted by molar-refractivity contribution is 7.80. The van der Waals surface area contributed by atoms with Crippen LogP contribution >= 0.6 is 24.2 Å². The number of hydrogen-bond acceptors (Lipinski definition) is 3. The molecular formula is C10H11ClN2S. The van der Waals surface area contributed by atoms with Gasteiger partial charge in [0.25, 0.3) is 0 Å². The lowest BCUT2D eigenvalue weighted by molar-refractivity contribution is 0.741. The standard InChI is InChI=1S/C10H11ClN2S/c11-7-2-3-9(14)8(6-7)10-12-4-1-5-13-10/h2-3,6,14H,1,4-5H2,(H,12,13). The fourth-order valence-corrected chi connectivity index (χ4v) is 1.83. The van der Waals surface area contributed by atoms with E-state index in [2.05, 4.69) is 22.9 Å². The van der Waals surface area contributed by atoms with Gasteiger partial charge in [0.1, 0.15) is 5.84 Å². The summed E-state index contributed by atoms with van der Waals surface area (Å²) in [7, 11) is 0. The van der Waals surface area contributed by atoms with Gasteiger partial charge in [-0.25, -0.2) is 0 Å². The Morgan fingerprint density at radius 1 is 1.43 bits per heavy atom. The van der Waals surface area contributed by atoms with Crippen molar-refractivity contribution < 1.29 is 0 Å². The fourth-order valence-electron chi connectivity index (χ4n) is 1.41. The molecule has 2 nitrogen and oxygen atoms in total. The van der Waals surface area contributed by atoms with Crippen LogP contribution in [-0.2, 0) is 0 Å². The summed E-state index contributed by atoms with van der Waals surface area (Å²) in [5.41, 5.74) is 0.987. The maximum absolute atomic E-state index is 5.92. The number of halogens is 1. The van der Waals surface area contributed by atoms with E-state index in [1.807, 2.05) is 18.2 Å². The van der Waals surface area contributed by atoms with Crippen molar-refractivity contribution in [2.45, 2.75) is 11.3 Å². The first-order valence-electron chi connectivity index (χ1n) is 4.54. The van der Waals surface area contributed by atoms with Crippen LogP contribution in [0.5, 0.6) is 0 Å². The lowest BCUT2D eigenvalue weighted by Crippen LogP contribution is -2.30. The molecule has 0 bridgehead atoms. The van der Waals surface area contributed by atoms with Gasteiger partial charge in [0.05, 0.1) is 0 Å². The third-order valence-electron chi connectivity index (χ3n) is 2.11. The van der Waals surface area contributed by atoms with E-state index in [1.54, 1.807) is 0 Å². The van der Waals surface area contributed by atoms with Crippen LogP contribution in [0.1, 0.15) is 12.0 Å². The Balaban J connectivity index is 2.39. The topological polar surface area (TPSA) is 24.4 Å². The molecule has 0 unspecified atom stereocenters. The van der Waals surface area contributed by atoms with Gasteiger partial charge >= 0.3 is 0 Å². The van der Waals surface area contributed by atoms with Crippen molar-refractivity contribution in [2.75, 3.05) is 13.1 Å². The van der Waals surface area contributed by atoms with Crippen LogP contribution in [-0.4, -0.2) is 18.9 Å². The predicted octanol–water partition coefficient (Wildman–Crippen LogP) is 2.37. The highest BCUT2D eigenvalue weighted by Crippen LogP contribution is 2.19. The van der Waals surface area contributed by atoms with Crippen LogP contribution in [0.3, 0.4) is 0 Å². The zero-order valence-electron chi connectivity index (χ0n) is 7.63. The Morgan fingerprint density at radius 2 is 2.29 bits per heavy atom. The first-order valence-corrected chi connectivity index (χ1v) is 5.37. The second kappa shape index (κ2) is 4.24. The van der Waals surface area contributed by atoms with E-state index < -0.39 is 0 Å². The fraction of sp³-hybridized carbons (Fsp3) is 0.300. The summed E-state index contributed by atoms with van der Waals surface area (Å²) in [6.45, 7) is 1.85. The Labute approximate surface area is 93.8 Å². The molecule has 0 saturated carbocycles. The Kier molecular flexibility index (Phi) is 2.99. The van der Waals surface area contributed by atoms with Crippen molar-refractivity contribution in [2.24, 2.45) is 4.99 Å². The summed E-state index contributed by atoms with van der Waals surface area (Å²) < 4.78 is 0. The zero-order chi connectivity index (χ0) is 9.97. The number of nitrogens with zero attached hydrogens (tertiary/aromatic N) is 1. The van der Waals surface area contributed by atoms with Crippen molar-refractivity contribution in [1.29, 1.82) is 0 Å². The molecule has 0 aromatic heterocycles. The molecule has 1 aromatic rings. The molecule has 1 N–H and O–H groups in total. The Morgan fingerprint density at radius 3 is 3.00 bits per heavy atom. The molecule has 4 heteroatoms. The van der Waals surface area contributed by atoms with Crippen LogP contribution in [0, 0.1) is 0 Å². The second-order valence-electron chi connectivity index (χ2n) is 3.17. The summed E-state index contributed by atoms with van der Waals surface area (Å²) in [5.74, 6) is 0.906. The Hall–Kier alpha value is -0.670. The number of amidine groups is 1. The molecule has 1 aromatic carbocycles. The van der Waals surface area contributed by atoms with Crippen LogP contribution in [0.4, 0.5) is 0 Å². The van der Waals surface area contributed by atoms with Gasteiger partial charge in [0.2, 0.25) is 0 Å². The van der Waals surface area contributed by atoms with Gasteiger partial charge in [-0.1, -0.05) is 11.6 Å². The van der Waals surface area contributed by atoms with Gasteiger partial charge in [0.15, 0.2) is 0 Å². The minimum Gasteiger partial charge on any atom is -0.370 e.